The third-order valence-corrected chi connectivity index (χ3v) is 4.46. The summed E-state index contributed by atoms with van der Waals surface area (Å²) in [5.74, 6) is 0.142. The van der Waals surface area contributed by atoms with Crippen LogP contribution in [-0.2, 0) is 0 Å². The Kier molecular flexibility index (Phi) is 6.34. The van der Waals surface area contributed by atoms with Crippen LogP contribution in [0, 0.1) is 0 Å². The predicted octanol–water partition coefficient (Wildman–Crippen LogP) is 4.80. The highest BCUT2D eigenvalue weighted by Crippen LogP contribution is 2.29. The van der Waals surface area contributed by atoms with Gasteiger partial charge in [-0.2, -0.15) is 0 Å². The monoisotopic (exact) mass is 406 g/mol. The molecule has 0 fully saturated rings. The van der Waals surface area contributed by atoms with Crippen molar-refractivity contribution in [1.82, 2.24) is 5.32 Å². The maximum absolute atomic E-state index is 12.2. The highest BCUT2D eigenvalue weighted by Gasteiger charge is 2.11. The van der Waals surface area contributed by atoms with E-state index in [4.69, 9.17) is 12.2 Å². The normalized spacial score (nSPS) is 11.6. The molecule has 0 radical (unpaired) electrons. The lowest BCUT2D eigenvalue weighted by atomic mass is 9.98. The Labute approximate surface area is 155 Å². The molecule has 1 unspecified atom stereocenters. The van der Waals surface area contributed by atoms with Crippen LogP contribution in [0.5, 0.6) is 5.75 Å². The number of aromatic hydroxyl groups is 1. The summed E-state index contributed by atoms with van der Waals surface area (Å²) in [6.07, 6.45) is 0.994. The summed E-state index contributed by atoms with van der Waals surface area (Å²) >= 11 is 8.50. The minimum Gasteiger partial charge on any atom is -0.506 e. The van der Waals surface area contributed by atoms with Crippen LogP contribution in [0.15, 0.2) is 46.9 Å². The van der Waals surface area contributed by atoms with E-state index in [0.717, 1.165) is 16.5 Å². The van der Waals surface area contributed by atoms with Crippen molar-refractivity contribution in [2.24, 2.45) is 0 Å². The zero-order valence-electron chi connectivity index (χ0n) is 13.5. The van der Waals surface area contributed by atoms with E-state index >= 15 is 0 Å². The lowest BCUT2D eigenvalue weighted by molar-refractivity contribution is 0.0977. The molecule has 0 saturated heterocycles. The second-order valence-electron chi connectivity index (χ2n) is 5.50. The van der Waals surface area contributed by atoms with Gasteiger partial charge in [0.25, 0.3) is 5.91 Å². The number of benzene rings is 2. The number of phenols is 1. The van der Waals surface area contributed by atoms with Gasteiger partial charge in [0, 0.05) is 10.0 Å². The van der Waals surface area contributed by atoms with Crippen LogP contribution in [-0.4, -0.2) is 16.1 Å². The van der Waals surface area contributed by atoms with Crippen molar-refractivity contribution in [3.05, 3.63) is 58.1 Å². The van der Waals surface area contributed by atoms with Crippen LogP contribution in [0.1, 0.15) is 42.1 Å². The van der Waals surface area contributed by atoms with Crippen molar-refractivity contribution in [2.45, 2.75) is 26.2 Å². The van der Waals surface area contributed by atoms with E-state index in [2.05, 4.69) is 40.4 Å². The number of halogens is 1. The quantitative estimate of drug-likeness (QED) is 0.504. The fourth-order valence-corrected chi connectivity index (χ4v) is 2.76. The summed E-state index contributed by atoms with van der Waals surface area (Å²) in [6.45, 7) is 4.22. The molecule has 0 aliphatic rings. The first-order valence-corrected chi connectivity index (χ1v) is 8.81. The highest BCUT2D eigenvalue weighted by molar-refractivity contribution is 9.10. The molecular weight excluding hydrogens is 388 g/mol. The van der Waals surface area contributed by atoms with Crippen molar-refractivity contribution in [3.8, 4) is 5.75 Å². The van der Waals surface area contributed by atoms with E-state index in [0.29, 0.717) is 17.2 Å². The molecule has 126 valence electrons. The van der Waals surface area contributed by atoms with Gasteiger partial charge in [0.1, 0.15) is 5.75 Å². The number of thiocarbonyl (C=S) groups is 1. The number of rotatable bonds is 4. The largest absolute Gasteiger partial charge is 0.506 e. The molecule has 0 heterocycles. The third-order valence-electron chi connectivity index (χ3n) is 3.76. The van der Waals surface area contributed by atoms with Gasteiger partial charge >= 0.3 is 0 Å². The number of hydrogen-bond donors (Lipinski definition) is 3. The van der Waals surface area contributed by atoms with Gasteiger partial charge in [0.2, 0.25) is 0 Å². The van der Waals surface area contributed by atoms with E-state index < -0.39 is 0 Å². The molecule has 0 bridgehead atoms. The topological polar surface area (TPSA) is 61.4 Å². The summed E-state index contributed by atoms with van der Waals surface area (Å²) in [6, 6.07) is 12.4. The van der Waals surface area contributed by atoms with Gasteiger partial charge in [-0.05, 0) is 60.5 Å². The fraction of sp³-hybridized carbons (Fsp3) is 0.222. The summed E-state index contributed by atoms with van der Waals surface area (Å²) < 4.78 is 0.813. The third kappa shape index (κ3) is 4.79. The Morgan fingerprint density at radius 2 is 2.04 bits per heavy atom. The SMILES string of the molecule is CCC(C)c1ccc(O)c(NC(=S)NC(=O)c2cccc(Br)c2)c1. The Balaban J connectivity index is 2.08. The van der Waals surface area contributed by atoms with Crippen molar-refractivity contribution < 1.29 is 9.90 Å². The van der Waals surface area contributed by atoms with Gasteiger partial charge in [-0.25, -0.2) is 0 Å². The average Bonchev–Trinajstić information content (AvgIpc) is 2.56. The lowest BCUT2D eigenvalue weighted by Gasteiger charge is -2.14. The first kappa shape index (κ1) is 18.4. The van der Waals surface area contributed by atoms with Gasteiger partial charge in [-0.15, -0.1) is 0 Å². The van der Waals surface area contributed by atoms with Crippen LogP contribution < -0.4 is 10.6 Å². The summed E-state index contributed by atoms with van der Waals surface area (Å²) in [5.41, 5.74) is 2.07. The molecular formula is C18H19BrN2O2S. The van der Waals surface area contributed by atoms with E-state index in [1.165, 1.54) is 0 Å². The second kappa shape index (κ2) is 8.26. The minimum atomic E-state index is -0.314. The van der Waals surface area contributed by atoms with Crippen molar-refractivity contribution >= 4 is 44.9 Å². The van der Waals surface area contributed by atoms with E-state index in [-0.39, 0.29) is 16.8 Å². The molecule has 4 nitrogen and oxygen atoms in total. The zero-order valence-corrected chi connectivity index (χ0v) is 15.9. The Bertz CT molecular complexity index is 764. The Hall–Kier alpha value is -1.92. The predicted molar refractivity (Wildman–Crippen MR) is 105 cm³/mol. The van der Waals surface area contributed by atoms with E-state index in [9.17, 15) is 9.90 Å². The maximum Gasteiger partial charge on any atom is 0.257 e. The van der Waals surface area contributed by atoms with Crippen molar-refractivity contribution in [1.29, 1.82) is 0 Å². The molecule has 0 aromatic heterocycles. The second-order valence-corrected chi connectivity index (χ2v) is 6.83. The van der Waals surface area contributed by atoms with E-state index in [1.54, 1.807) is 24.3 Å². The maximum atomic E-state index is 12.2. The molecule has 0 aliphatic carbocycles. The Morgan fingerprint density at radius 1 is 1.29 bits per heavy atom. The van der Waals surface area contributed by atoms with Crippen molar-refractivity contribution in [2.75, 3.05) is 5.32 Å². The van der Waals surface area contributed by atoms with Crippen LogP contribution in [0.2, 0.25) is 0 Å². The van der Waals surface area contributed by atoms with Crippen molar-refractivity contribution in [3.63, 3.8) is 0 Å². The lowest BCUT2D eigenvalue weighted by Crippen LogP contribution is -2.34. The molecule has 2 aromatic carbocycles. The number of carbonyl (C=O) groups excluding carboxylic acids is 1. The number of amides is 1. The molecule has 0 aliphatic heterocycles. The molecule has 2 rings (SSSR count). The number of hydrogen-bond acceptors (Lipinski definition) is 3. The number of carbonyl (C=O) groups is 1. The molecule has 2 aromatic rings. The van der Waals surface area contributed by atoms with Gasteiger partial charge in [0.05, 0.1) is 5.69 Å². The minimum absolute atomic E-state index is 0.0844. The van der Waals surface area contributed by atoms with Crippen LogP contribution >= 0.6 is 28.1 Å². The van der Waals surface area contributed by atoms with Gasteiger partial charge in [-0.1, -0.05) is 41.9 Å². The molecule has 6 heteroatoms. The summed E-state index contributed by atoms with van der Waals surface area (Å²) in [5, 5.41) is 15.6. The first-order valence-electron chi connectivity index (χ1n) is 7.61. The number of phenolic OH excluding ortho intramolecular Hbond substituents is 1. The van der Waals surface area contributed by atoms with Crippen LogP contribution in [0.25, 0.3) is 0 Å². The fourth-order valence-electron chi connectivity index (χ4n) is 2.15. The molecule has 0 spiro atoms. The molecule has 3 N–H and O–H groups in total. The summed E-state index contributed by atoms with van der Waals surface area (Å²) in [7, 11) is 0. The number of anilines is 1. The summed E-state index contributed by atoms with van der Waals surface area (Å²) in [4.78, 5) is 12.2. The highest BCUT2D eigenvalue weighted by atomic mass is 79.9. The standard InChI is InChI=1S/C18H19BrN2O2S/c1-3-11(2)12-7-8-16(22)15(10-12)20-18(24)21-17(23)13-5-4-6-14(19)9-13/h4-11,22H,3H2,1-2H3,(H2,20,21,23,24). The molecule has 24 heavy (non-hydrogen) atoms. The smallest absolute Gasteiger partial charge is 0.257 e. The first-order chi connectivity index (χ1) is 11.4. The molecule has 0 saturated carbocycles. The van der Waals surface area contributed by atoms with E-state index in [1.807, 2.05) is 18.2 Å². The zero-order chi connectivity index (χ0) is 17.7. The Morgan fingerprint density at radius 3 is 2.71 bits per heavy atom. The number of nitrogens with one attached hydrogen (secondary N) is 2. The molecule has 1 amide bonds. The van der Waals surface area contributed by atoms with Gasteiger partial charge < -0.3 is 10.4 Å². The van der Waals surface area contributed by atoms with Crippen LogP contribution in [0.4, 0.5) is 5.69 Å². The molecule has 1 atom stereocenters. The van der Waals surface area contributed by atoms with Gasteiger partial charge in [0.15, 0.2) is 5.11 Å². The average molecular weight is 407 g/mol. The van der Waals surface area contributed by atoms with Crippen LogP contribution in [0.3, 0.4) is 0 Å². The van der Waals surface area contributed by atoms with Gasteiger partial charge in [-0.3, -0.25) is 10.1 Å².